The van der Waals surface area contributed by atoms with Crippen molar-refractivity contribution in [2.45, 2.75) is 18.4 Å². The van der Waals surface area contributed by atoms with Gasteiger partial charge in [0, 0.05) is 16.2 Å². The molecule has 0 aromatic carbocycles. The van der Waals surface area contributed by atoms with Gasteiger partial charge < -0.3 is 5.11 Å². The van der Waals surface area contributed by atoms with Crippen LogP contribution in [-0.4, -0.2) is 18.5 Å². The van der Waals surface area contributed by atoms with Crippen LogP contribution in [0.15, 0.2) is 11.2 Å². The largest absolute Gasteiger partial charge is 0.506 e. The van der Waals surface area contributed by atoms with Crippen LogP contribution in [0.2, 0.25) is 0 Å². The number of pyridine rings is 1. The van der Waals surface area contributed by atoms with Crippen LogP contribution >= 0.6 is 10.7 Å². The highest BCUT2D eigenvalue weighted by Gasteiger charge is 2.26. The first-order valence-corrected chi connectivity index (χ1v) is 5.97. The summed E-state index contributed by atoms with van der Waals surface area (Å²) in [7, 11) is 0.579. The zero-order chi connectivity index (χ0) is 11.8. The van der Waals surface area contributed by atoms with Crippen LogP contribution in [0, 0.1) is 6.92 Å². The van der Waals surface area contributed by atoms with E-state index in [4.69, 9.17) is 15.8 Å². The van der Waals surface area contributed by atoms with E-state index in [9.17, 15) is 17.2 Å². The van der Waals surface area contributed by atoms with Gasteiger partial charge in [0.2, 0.25) is 0 Å². The van der Waals surface area contributed by atoms with Crippen LogP contribution in [0.4, 0.5) is 8.78 Å². The highest BCUT2D eigenvalue weighted by atomic mass is 35.7. The molecule has 0 fully saturated rings. The maximum absolute atomic E-state index is 12.5. The Bertz CT molecular complexity index is 489. The lowest BCUT2D eigenvalue weighted by Crippen LogP contribution is -2.04. The number of halogens is 3. The minimum atomic E-state index is -4.35. The normalized spacial score (nSPS) is 12.1. The molecule has 0 aliphatic carbocycles. The quantitative estimate of drug-likeness (QED) is 0.823. The van der Waals surface area contributed by atoms with Gasteiger partial charge >= 0.3 is 0 Å². The van der Waals surface area contributed by atoms with E-state index in [1.807, 2.05) is 0 Å². The monoisotopic (exact) mass is 257 g/mol. The summed E-state index contributed by atoms with van der Waals surface area (Å²) in [6.45, 7) is 1.16. The third-order valence-electron chi connectivity index (χ3n) is 1.77. The van der Waals surface area contributed by atoms with Crippen LogP contribution in [0.3, 0.4) is 0 Å². The molecule has 0 aliphatic rings. The molecular formula is C7H6ClF2NO3S. The Morgan fingerprint density at radius 2 is 2.07 bits per heavy atom. The predicted octanol–water partition coefficient (Wildman–Crippen LogP) is 1.96. The zero-order valence-corrected chi connectivity index (χ0v) is 8.98. The molecule has 0 radical (unpaired) electrons. The Balaban J connectivity index is 3.62. The lowest BCUT2D eigenvalue weighted by atomic mass is 10.1. The summed E-state index contributed by atoms with van der Waals surface area (Å²) in [5.74, 6) is -0.505. The summed E-state index contributed by atoms with van der Waals surface area (Å²) in [4.78, 5) is 3.18. The molecule has 84 valence electrons. The predicted molar refractivity (Wildman–Crippen MR) is 48.6 cm³/mol. The lowest BCUT2D eigenvalue weighted by Gasteiger charge is -2.09. The second kappa shape index (κ2) is 3.90. The van der Waals surface area contributed by atoms with E-state index in [-0.39, 0.29) is 5.56 Å². The second-order valence-electron chi connectivity index (χ2n) is 2.73. The number of rotatable bonds is 2. The highest BCUT2D eigenvalue weighted by molar-refractivity contribution is 8.13. The first-order valence-electron chi connectivity index (χ1n) is 3.66. The molecule has 1 N–H and O–H groups in total. The number of aromatic hydroxyl groups is 1. The van der Waals surface area contributed by atoms with E-state index in [0.717, 1.165) is 13.1 Å². The van der Waals surface area contributed by atoms with Crippen molar-refractivity contribution in [1.29, 1.82) is 0 Å². The number of alkyl halides is 2. The molecule has 0 atom stereocenters. The fourth-order valence-corrected chi connectivity index (χ4v) is 2.09. The van der Waals surface area contributed by atoms with E-state index in [1.54, 1.807) is 0 Å². The maximum Gasteiger partial charge on any atom is 0.279 e. The van der Waals surface area contributed by atoms with Crippen molar-refractivity contribution in [3.63, 3.8) is 0 Å². The molecule has 0 aliphatic heterocycles. The van der Waals surface area contributed by atoms with E-state index in [0.29, 0.717) is 0 Å². The fourth-order valence-electron chi connectivity index (χ4n) is 1.04. The van der Waals surface area contributed by atoms with Crippen LogP contribution in [0.25, 0.3) is 0 Å². The minimum absolute atomic E-state index is 0.251. The molecule has 0 bridgehead atoms. The fraction of sp³-hybridized carbons (Fsp3) is 0.286. The van der Waals surface area contributed by atoms with Gasteiger partial charge in [-0.3, -0.25) is 0 Å². The maximum atomic E-state index is 12.5. The molecule has 0 saturated carbocycles. The minimum Gasteiger partial charge on any atom is -0.506 e. The Kier molecular flexibility index (Phi) is 3.15. The van der Waals surface area contributed by atoms with Crippen LogP contribution in [0.1, 0.15) is 17.6 Å². The Morgan fingerprint density at radius 1 is 1.53 bits per heavy atom. The van der Waals surface area contributed by atoms with Crippen LogP contribution in [0.5, 0.6) is 5.75 Å². The van der Waals surface area contributed by atoms with E-state index < -0.39 is 31.8 Å². The summed E-state index contributed by atoms with van der Waals surface area (Å²) in [5, 5.41) is 8.18. The van der Waals surface area contributed by atoms with Gasteiger partial charge in [-0.25, -0.2) is 22.2 Å². The molecule has 4 nitrogen and oxygen atoms in total. The first-order chi connectivity index (χ1) is 6.75. The van der Waals surface area contributed by atoms with Crippen molar-refractivity contribution in [3.05, 3.63) is 17.3 Å². The molecule has 0 spiro atoms. The molecule has 1 rings (SSSR count). The third kappa shape index (κ3) is 2.35. The summed E-state index contributed by atoms with van der Waals surface area (Å²) < 4.78 is 46.9. The SMILES string of the molecule is Cc1c(O)cnc(S(=O)(=O)Cl)c1C(F)F. The van der Waals surface area contributed by atoms with Crippen molar-refractivity contribution in [1.82, 2.24) is 4.98 Å². The number of aromatic nitrogens is 1. The Labute approximate surface area is 88.9 Å². The average molecular weight is 258 g/mol. The standard InChI is InChI=1S/C7H6ClF2NO3S/c1-3-4(12)2-11-7(15(8,13)14)5(3)6(9)10/h2,6,12H,1H3. The average Bonchev–Trinajstić information content (AvgIpc) is 2.06. The van der Waals surface area contributed by atoms with Gasteiger partial charge in [0.05, 0.1) is 11.8 Å². The van der Waals surface area contributed by atoms with Crippen molar-refractivity contribution in [3.8, 4) is 5.75 Å². The van der Waals surface area contributed by atoms with Crippen molar-refractivity contribution in [2.24, 2.45) is 0 Å². The molecule has 0 unspecified atom stereocenters. The zero-order valence-electron chi connectivity index (χ0n) is 7.41. The summed E-state index contributed by atoms with van der Waals surface area (Å²) in [6, 6.07) is 0. The van der Waals surface area contributed by atoms with Gasteiger partial charge in [-0.2, -0.15) is 0 Å². The van der Waals surface area contributed by atoms with E-state index in [2.05, 4.69) is 4.98 Å². The van der Waals surface area contributed by atoms with Gasteiger partial charge in [-0.1, -0.05) is 0 Å². The third-order valence-corrected chi connectivity index (χ3v) is 3.00. The van der Waals surface area contributed by atoms with Crippen molar-refractivity contribution in [2.75, 3.05) is 0 Å². The number of hydrogen-bond donors (Lipinski definition) is 1. The molecular weight excluding hydrogens is 252 g/mol. The number of nitrogens with zero attached hydrogens (tertiary/aromatic N) is 1. The molecule has 8 heteroatoms. The van der Waals surface area contributed by atoms with E-state index >= 15 is 0 Å². The van der Waals surface area contributed by atoms with Crippen LogP contribution in [-0.2, 0) is 9.05 Å². The first kappa shape index (κ1) is 12.1. The molecule has 15 heavy (non-hydrogen) atoms. The highest BCUT2D eigenvalue weighted by Crippen LogP contribution is 2.33. The lowest BCUT2D eigenvalue weighted by molar-refractivity contribution is 0.145. The van der Waals surface area contributed by atoms with Gasteiger partial charge in [0.15, 0.2) is 5.03 Å². The molecule has 1 aromatic heterocycles. The summed E-state index contributed by atoms with van der Waals surface area (Å²) in [6.07, 6.45) is -2.32. The van der Waals surface area contributed by atoms with Gasteiger partial charge in [-0.15, -0.1) is 0 Å². The topological polar surface area (TPSA) is 67.3 Å². The van der Waals surface area contributed by atoms with Crippen molar-refractivity contribution < 1.29 is 22.3 Å². The molecule has 0 amide bonds. The van der Waals surface area contributed by atoms with Gasteiger partial charge in [0.25, 0.3) is 15.5 Å². The Hall–Kier alpha value is -0.950. The van der Waals surface area contributed by atoms with E-state index in [1.165, 1.54) is 0 Å². The summed E-state index contributed by atoms with van der Waals surface area (Å²) in [5.41, 5.74) is -1.12. The molecule has 1 aromatic rings. The number of hydrogen-bond acceptors (Lipinski definition) is 4. The van der Waals surface area contributed by atoms with Gasteiger partial charge in [0.1, 0.15) is 5.75 Å². The molecule has 0 saturated heterocycles. The van der Waals surface area contributed by atoms with Crippen LogP contribution < -0.4 is 0 Å². The summed E-state index contributed by atoms with van der Waals surface area (Å²) >= 11 is 0. The van der Waals surface area contributed by atoms with Crippen molar-refractivity contribution >= 4 is 19.7 Å². The Morgan fingerprint density at radius 3 is 2.47 bits per heavy atom. The smallest absolute Gasteiger partial charge is 0.279 e. The second-order valence-corrected chi connectivity index (χ2v) is 5.21. The van der Waals surface area contributed by atoms with Gasteiger partial charge in [-0.05, 0) is 6.92 Å². The molecule has 1 heterocycles.